The maximum atomic E-state index is 11.7. The molecule has 0 aliphatic heterocycles. The normalized spacial score (nSPS) is 13.0. The van der Waals surface area contributed by atoms with Crippen molar-refractivity contribution in [3.63, 3.8) is 0 Å². The smallest absolute Gasteiger partial charge is 0.326 e. The van der Waals surface area contributed by atoms with Gasteiger partial charge < -0.3 is 31.8 Å². The van der Waals surface area contributed by atoms with Gasteiger partial charge in [-0.05, 0) is 12.8 Å². The van der Waals surface area contributed by atoms with Gasteiger partial charge in [0.05, 0.1) is 0 Å². The molecule has 0 fully saturated rings. The average molecular weight is 346 g/mol. The summed E-state index contributed by atoms with van der Waals surface area (Å²) >= 11 is 0. The Morgan fingerprint density at radius 1 is 0.958 bits per heavy atom. The van der Waals surface area contributed by atoms with Gasteiger partial charge in [0.15, 0.2) is 0 Å². The Hall–Kier alpha value is -3.25. The standard InChI is InChI=1S/C11H18N6O7/c12-7(16-17-13)3-1-5(9(20)21)14-11(24)15-6(10(22)23)2-4-8(18)19/h5-6H,1-4H2,(H,18,19)(H,20,21)(H,22,23)(H3,12,13,16)(H2,14,15,24)/t5-,6?/m0/s1. The van der Waals surface area contributed by atoms with E-state index in [9.17, 15) is 19.2 Å². The van der Waals surface area contributed by atoms with Crippen LogP contribution in [-0.4, -0.2) is 57.2 Å². The summed E-state index contributed by atoms with van der Waals surface area (Å²) in [7, 11) is 0. The van der Waals surface area contributed by atoms with Crippen LogP contribution in [0.4, 0.5) is 4.79 Å². The molecule has 0 aromatic carbocycles. The van der Waals surface area contributed by atoms with Gasteiger partial charge in [0, 0.05) is 12.8 Å². The Bertz CT molecular complexity index is 535. The quantitative estimate of drug-likeness (QED) is 0.0862. The van der Waals surface area contributed by atoms with Crippen molar-refractivity contribution >= 4 is 29.8 Å². The number of carbonyl (C=O) groups excluding carboxylic acids is 1. The van der Waals surface area contributed by atoms with Crippen LogP contribution in [0.5, 0.6) is 0 Å². The average Bonchev–Trinajstić information content (AvgIpc) is 2.47. The first-order chi connectivity index (χ1) is 11.2. The third-order valence-corrected chi connectivity index (χ3v) is 2.70. The van der Waals surface area contributed by atoms with E-state index in [0.717, 1.165) is 0 Å². The number of carbonyl (C=O) groups is 4. The highest BCUT2D eigenvalue weighted by atomic mass is 16.4. The zero-order valence-corrected chi connectivity index (χ0v) is 12.4. The van der Waals surface area contributed by atoms with Gasteiger partial charge in [-0.15, -0.1) is 5.11 Å². The van der Waals surface area contributed by atoms with E-state index in [0.29, 0.717) is 0 Å². The van der Waals surface area contributed by atoms with Crippen LogP contribution in [0.1, 0.15) is 25.7 Å². The largest absolute Gasteiger partial charge is 0.481 e. The zero-order valence-electron chi connectivity index (χ0n) is 12.4. The van der Waals surface area contributed by atoms with Gasteiger partial charge in [-0.1, -0.05) is 5.22 Å². The van der Waals surface area contributed by atoms with Crippen LogP contribution >= 0.6 is 0 Å². The summed E-state index contributed by atoms with van der Waals surface area (Å²) in [6.07, 6.45) is -1.19. The van der Waals surface area contributed by atoms with Gasteiger partial charge in [0.1, 0.15) is 17.9 Å². The molecule has 8 N–H and O–H groups in total. The predicted octanol–water partition coefficient (Wildman–Crippen LogP) is -0.860. The lowest BCUT2D eigenvalue weighted by atomic mass is 10.1. The van der Waals surface area contributed by atoms with Crippen LogP contribution in [0, 0.1) is 5.41 Å². The van der Waals surface area contributed by atoms with Crippen molar-refractivity contribution in [2.24, 2.45) is 16.2 Å². The Morgan fingerprint density at radius 3 is 1.79 bits per heavy atom. The van der Waals surface area contributed by atoms with Gasteiger partial charge in [0.2, 0.25) is 0 Å². The minimum Gasteiger partial charge on any atom is -0.481 e. The Morgan fingerprint density at radius 2 is 1.42 bits per heavy atom. The lowest BCUT2D eigenvalue weighted by Gasteiger charge is -2.18. The summed E-state index contributed by atoms with van der Waals surface area (Å²) in [5, 5.41) is 43.7. The topological polar surface area (TPSA) is 228 Å². The predicted molar refractivity (Wildman–Crippen MR) is 77.4 cm³/mol. The summed E-state index contributed by atoms with van der Waals surface area (Å²) in [6, 6.07) is -3.99. The van der Waals surface area contributed by atoms with Crippen molar-refractivity contribution in [1.82, 2.24) is 10.6 Å². The minimum absolute atomic E-state index is 0.140. The molecule has 0 aliphatic rings. The highest BCUT2D eigenvalue weighted by Crippen LogP contribution is 2.02. The summed E-state index contributed by atoms with van der Waals surface area (Å²) in [4.78, 5) is 44.1. The number of amides is 2. The molecule has 0 rings (SSSR count). The molecule has 0 bridgehead atoms. The van der Waals surface area contributed by atoms with Crippen molar-refractivity contribution in [1.29, 1.82) is 5.41 Å². The van der Waals surface area contributed by atoms with Crippen molar-refractivity contribution in [2.75, 3.05) is 0 Å². The SMILES string of the molecule is N=C(CC[C@H](NC(=O)NC(CCC(=O)O)C(=O)O)C(=O)O)N=NN. The van der Waals surface area contributed by atoms with Crippen molar-refractivity contribution in [3.05, 3.63) is 0 Å². The lowest BCUT2D eigenvalue weighted by molar-refractivity contribution is -0.140. The van der Waals surface area contributed by atoms with Crippen molar-refractivity contribution in [2.45, 2.75) is 37.8 Å². The van der Waals surface area contributed by atoms with Crippen LogP contribution in [0.2, 0.25) is 0 Å². The molecule has 2 amide bonds. The fourth-order valence-corrected chi connectivity index (χ4v) is 1.54. The van der Waals surface area contributed by atoms with E-state index in [1.54, 1.807) is 0 Å². The fourth-order valence-electron chi connectivity index (χ4n) is 1.54. The second-order valence-electron chi connectivity index (χ2n) is 4.53. The molecule has 0 saturated heterocycles. The maximum absolute atomic E-state index is 11.7. The second kappa shape index (κ2) is 10.5. The summed E-state index contributed by atoms with van der Waals surface area (Å²) in [5.74, 6) is 0.343. The lowest BCUT2D eigenvalue weighted by Crippen LogP contribution is -2.51. The molecular formula is C11H18N6O7. The third-order valence-electron chi connectivity index (χ3n) is 2.70. The number of rotatable bonds is 10. The number of nitrogens with one attached hydrogen (secondary N) is 3. The summed E-state index contributed by atoms with van der Waals surface area (Å²) < 4.78 is 0. The summed E-state index contributed by atoms with van der Waals surface area (Å²) in [6.45, 7) is 0. The van der Waals surface area contributed by atoms with E-state index in [1.165, 1.54) is 0 Å². The molecule has 1 unspecified atom stereocenters. The van der Waals surface area contributed by atoms with Crippen molar-refractivity contribution < 1.29 is 34.5 Å². The number of urea groups is 1. The van der Waals surface area contributed by atoms with Crippen LogP contribution in [-0.2, 0) is 14.4 Å². The molecule has 13 heteroatoms. The van der Waals surface area contributed by atoms with E-state index in [-0.39, 0.29) is 25.1 Å². The number of nitrogens with two attached hydrogens (primary N) is 1. The summed E-state index contributed by atoms with van der Waals surface area (Å²) in [5.41, 5.74) is 0. The monoisotopic (exact) mass is 346 g/mol. The maximum Gasteiger partial charge on any atom is 0.326 e. The number of carboxylic acids is 3. The number of carboxylic acid groups (broad SMARTS) is 3. The molecular weight excluding hydrogens is 328 g/mol. The molecule has 0 aliphatic carbocycles. The van der Waals surface area contributed by atoms with Gasteiger partial charge >= 0.3 is 23.9 Å². The molecule has 0 spiro atoms. The second-order valence-corrected chi connectivity index (χ2v) is 4.53. The van der Waals surface area contributed by atoms with E-state index in [2.05, 4.69) is 10.3 Å². The van der Waals surface area contributed by atoms with E-state index in [1.807, 2.05) is 10.6 Å². The third kappa shape index (κ3) is 8.91. The van der Waals surface area contributed by atoms with Crippen LogP contribution in [0.3, 0.4) is 0 Å². The van der Waals surface area contributed by atoms with E-state index >= 15 is 0 Å². The number of hydrogen-bond donors (Lipinski definition) is 7. The first-order valence-electron chi connectivity index (χ1n) is 6.60. The minimum atomic E-state index is -1.49. The van der Waals surface area contributed by atoms with E-state index in [4.69, 9.17) is 26.6 Å². The zero-order chi connectivity index (χ0) is 18.7. The number of aliphatic carboxylic acids is 3. The first kappa shape index (κ1) is 20.8. The molecule has 0 saturated carbocycles. The molecule has 0 aromatic heterocycles. The number of hydrogen-bond acceptors (Lipinski definition) is 6. The van der Waals surface area contributed by atoms with Crippen molar-refractivity contribution in [3.8, 4) is 0 Å². The Balaban J connectivity index is 4.63. The van der Waals surface area contributed by atoms with Gasteiger partial charge in [-0.25, -0.2) is 14.4 Å². The van der Waals surface area contributed by atoms with Crippen LogP contribution in [0.15, 0.2) is 10.3 Å². The molecule has 13 nitrogen and oxygen atoms in total. The molecule has 0 aromatic rings. The highest BCUT2D eigenvalue weighted by molar-refractivity contribution is 5.87. The van der Waals surface area contributed by atoms with Gasteiger partial charge in [-0.3, -0.25) is 10.2 Å². The number of amidine groups is 1. The molecule has 2 atom stereocenters. The first-order valence-corrected chi connectivity index (χ1v) is 6.60. The molecule has 0 heterocycles. The molecule has 24 heavy (non-hydrogen) atoms. The Kier molecular flexibility index (Phi) is 9.05. The highest BCUT2D eigenvalue weighted by Gasteiger charge is 2.25. The van der Waals surface area contributed by atoms with Gasteiger partial charge in [0.25, 0.3) is 0 Å². The molecule has 0 radical (unpaired) electrons. The van der Waals surface area contributed by atoms with Gasteiger partial charge in [-0.2, -0.15) is 0 Å². The van der Waals surface area contributed by atoms with E-state index < -0.39 is 42.4 Å². The number of nitrogens with zero attached hydrogens (tertiary/aromatic N) is 2. The Labute approximate surface area is 135 Å². The van der Waals surface area contributed by atoms with Crippen LogP contribution in [0.25, 0.3) is 0 Å². The molecule has 134 valence electrons. The van der Waals surface area contributed by atoms with Crippen LogP contribution < -0.4 is 16.5 Å². The fraction of sp³-hybridized carbons (Fsp3) is 0.545.